The monoisotopic (exact) mass is 357 g/mol. The number of imidazole rings is 1. The van der Waals surface area contributed by atoms with Crippen LogP contribution in [-0.4, -0.2) is 38.7 Å². The highest BCUT2D eigenvalue weighted by molar-refractivity contribution is 8.00. The molecule has 0 saturated carbocycles. The average Bonchev–Trinajstić information content (AvgIpc) is 2.91. The molecule has 0 spiro atoms. The Balaban J connectivity index is 1.79. The number of carbonyl (C=O) groups is 1. The zero-order valence-corrected chi connectivity index (χ0v) is 16.1. The molecule has 4 nitrogen and oxygen atoms in total. The molecule has 2 heterocycles. The third-order valence-electron chi connectivity index (χ3n) is 4.74. The standard InChI is InChI=1S/C20H27N3OS/c1-5-10-23-18-9-7-6-8-17(18)21-20(23)25-16(4)19(24)22-12-14(2)11-15(3)13-22/h5-9,14-16H,1,10-13H2,2-4H3. The van der Waals surface area contributed by atoms with Gasteiger partial charge in [-0.05, 0) is 37.3 Å². The number of allylic oxidation sites excluding steroid dienone is 1. The Labute approximate surface area is 154 Å². The van der Waals surface area contributed by atoms with E-state index in [1.807, 2.05) is 36.1 Å². The number of nitrogens with zero attached hydrogens (tertiary/aromatic N) is 3. The number of rotatable bonds is 5. The van der Waals surface area contributed by atoms with Crippen molar-refractivity contribution in [3.8, 4) is 0 Å². The highest BCUT2D eigenvalue weighted by Crippen LogP contribution is 2.30. The maximum Gasteiger partial charge on any atom is 0.235 e. The molecule has 134 valence electrons. The van der Waals surface area contributed by atoms with E-state index in [0.29, 0.717) is 18.4 Å². The van der Waals surface area contributed by atoms with Crippen LogP contribution in [0.1, 0.15) is 27.2 Å². The number of hydrogen-bond acceptors (Lipinski definition) is 3. The first kappa shape index (κ1) is 18.1. The van der Waals surface area contributed by atoms with Crippen molar-refractivity contribution in [3.63, 3.8) is 0 Å². The van der Waals surface area contributed by atoms with Gasteiger partial charge in [-0.2, -0.15) is 0 Å². The van der Waals surface area contributed by atoms with Crippen molar-refractivity contribution >= 4 is 28.7 Å². The van der Waals surface area contributed by atoms with Gasteiger partial charge in [0.2, 0.25) is 5.91 Å². The van der Waals surface area contributed by atoms with E-state index in [2.05, 4.69) is 31.1 Å². The lowest BCUT2D eigenvalue weighted by atomic mass is 9.92. The molecule has 0 aliphatic carbocycles. The van der Waals surface area contributed by atoms with E-state index in [1.165, 1.54) is 6.42 Å². The van der Waals surface area contributed by atoms with E-state index in [9.17, 15) is 4.79 Å². The molecule has 1 aromatic carbocycles. The molecule has 0 bridgehead atoms. The third-order valence-corrected chi connectivity index (χ3v) is 5.82. The highest BCUT2D eigenvalue weighted by Gasteiger charge is 2.29. The molecule has 1 aliphatic rings. The first-order valence-electron chi connectivity index (χ1n) is 9.01. The molecule has 0 N–H and O–H groups in total. The molecule has 1 aliphatic heterocycles. The summed E-state index contributed by atoms with van der Waals surface area (Å²) >= 11 is 1.55. The van der Waals surface area contributed by atoms with Gasteiger partial charge in [0.05, 0.1) is 16.3 Å². The van der Waals surface area contributed by atoms with Crippen molar-refractivity contribution < 1.29 is 4.79 Å². The normalized spacial score (nSPS) is 22.1. The second kappa shape index (κ2) is 7.65. The molecule has 3 rings (SSSR count). The first-order valence-corrected chi connectivity index (χ1v) is 9.89. The molecule has 0 radical (unpaired) electrons. The number of amides is 1. The van der Waals surface area contributed by atoms with Gasteiger partial charge in [-0.15, -0.1) is 6.58 Å². The summed E-state index contributed by atoms with van der Waals surface area (Å²) in [5.41, 5.74) is 2.05. The van der Waals surface area contributed by atoms with E-state index in [4.69, 9.17) is 4.98 Å². The summed E-state index contributed by atoms with van der Waals surface area (Å²) in [6.45, 7) is 12.8. The maximum atomic E-state index is 12.9. The molecule has 1 fully saturated rings. The summed E-state index contributed by atoms with van der Waals surface area (Å²) < 4.78 is 2.14. The number of thioether (sulfide) groups is 1. The molecular weight excluding hydrogens is 330 g/mol. The van der Waals surface area contributed by atoms with Crippen LogP contribution in [-0.2, 0) is 11.3 Å². The number of likely N-dealkylation sites (tertiary alicyclic amines) is 1. The van der Waals surface area contributed by atoms with Crippen LogP contribution in [0.2, 0.25) is 0 Å². The predicted octanol–water partition coefficient (Wildman–Crippen LogP) is 4.21. The molecule has 2 aromatic rings. The Morgan fingerprint density at radius 1 is 1.36 bits per heavy atom. The fourth-order valence-electron chi connectivity index (χ4n) is 3.76. The minimum atomic E-state index is -0.141. The Hall–Kier alpha value is -1.75. The van der Waals surface area contributed by atoms with Crippen molar-refractivity contribution in [2.45, 2.75) is 44.1 Å². The molecule has 1 saturated heterocycles. The molecule has 3 atom stereocenters. The van der Waals surface area contributed by atoms with Crippen LogP contribution in [0.4, 0.5) is 0 Å². The van der Waals surface area contributed by atoms with Crippen molar-refractivity contribution in [1.29, 1.82) is 0 Å². The lowest BCUT2D eigenvalue weighted by molar-refractivity contribution is -0.132. The topological polar surface area (TPSA) is 38.1 Å². The number of piperidine rings is 1. The SMILES string of the molecule is C=CCn1c(SC(C)C(=O)N2CC(C)CC(C)C2)nc2ccccc21. The lowest BCUT2D eigenvalue weighted by Crippen LogP contribution is -2.45. The molecule has 1 aromatic heterocycles. The molecule has 25 heavy (non-hydrogen) atoms. The van der Waals surface area contributed by atoms with Crippen molar-refractivity contribution in [1.82, 2.24) is 14.5 Å². The Morgan fingerprint density at radius 2 is 2.04 bits per heavy atom. The van der Waals surface area contributed by atoms with Crippen molar-refractivity contribution in [2.24, 2.45) is 11.8 Å². The summed E-state index contributed by atoms with van der Waals surface area (Å²) in [6, 6.07) is 8.09. The van der Waals surface area contributed by atoms with Gasteiger partial charge >= 0.3 is 0 Å². The quantitative estimate of drug-likeness (QED) is 0.594. The van der Waals surface area contributed by atoms with Crippen LogP contribution >= 0.6 is 11.8 Å². The smallest absolute Gasteiger partial charge is 0.235 e. The van der Waals surface area contributed by atoms with Crippen LogP contribution in [0.5, 0.6) is 0 Å². The van der Waals surface area contributed by atoms with E-state index < -0.39 is 0 Å². The second-order valence-electron chi connectivity index (χ2n) is 7.23. The Morgan fingerprint density at radius 3 is 2.72 bits per heavy atom. The van der Waals surface area contributed by atoms with Crippen LogP contribution in [0.25, 0.3) is 11.0 Å². The minimum absolute atomic E-state index is 0.141. The minimum Gasteiger partial charge on any atom is -0.341 e. The highest BCUT2D eigenvalue weighted by atomic mass is 32.2. The largest absolute Gasteiger partial charge is 0.341 e. The Bertz CT molecular complexity index is 759. The predicted molar refractivity (Wildman–Crippen MR) is 105 cm³/mol. The van der Waals surface area contributed by atoms with Gasteiger partial charge in [0.1, 0.15) is 0 Å². The number of benzene rings is 1. The lowest BCUT2D eigenvalue weighted by Gasteiger charge is -2.36. The first-order chi connectivity index (χ1) is 12.0. The summed E-state index contributed by atoms with van der Waals surface area (Å²) in [6.07, 6.45) is 3.08. The van der Waals surface area contributed by atoms with Crippen molar-refractivity contribution in [3.05, 3.63) is 36.9 Å². The van der Waals surface area contributed by atoms with Crippen LogP contribution < -0.4 is 0 Å². The van der Waals surface area contributed by atoms with E-state index in [-0.39, 0.29) is 11.2 Å². The molecular formula is C20H27N3OS. The summed E-state index contributed by atoms with van der Waals surface area (Å²) in [5, 5.41) is 0.748. The number of hydrogen-bond donors (Lipinski definition) is 0. The van der Waals surface area contributed by atoms with E-state index >= 15 is 0 Å². The van der Waals surface area contributed by atoms with Crippen LogP contribution in [0, 0.1) is 11.8 Å². The van der Waals surface area contributed by atoms with Gasteiger partial charge in [0.15, 0.2) is 5.16 Å². The molecule has 5 heteroatoms. The fraction of sp³-hybridized carbons (Fsp3) is 0.500. The second-order valence-corrected chi connectivity index (χ2v) is 8.54. The summed E-state index contributed by atoms with van der Waals surface area (Å²) in [4.78, 5) is 19.7. The van der Waals surface area contributed by atoms with Gasteiger partial charge in [0.25, 0.3) is 0 Å². The van der Waals surface area contributed by atoms with Gasteiger partial charge in [-0.1, -0.05) is 43.8 Å². The number of aromatic nitrogens is 2. The van der Waals surface area contributed by atoms with Gasteiger partial charge < -0.3 is 9.47 Å². The summed E-state index contributed by atoms with van der Waals surface area (Å²) in [5.74, 6) is 1.38. The van der Waals surface area contributed by atoms with Gasteiger partial charge in [0, 0.05) is 19.6 Å². The summed E-state index contributed by atoms with van der Waals surface area (Å²) in [7, 11) is 0. The Kier molecular flexibility index (Phi) is 5.52. The number of para-hydroxylation sites is 2. The third kappa shape index (κ3) is 3.92. The van der Waals surface area contributed by atoms with Gasteiger partial charge in [-0.25, -0.2) is 4.98 Å². The maximum absolute atomic E-state index is 12.9. The van der Waals surface area contributed by atoms with Gasteiger partial charge in [-0.3, -0.25) is 4.79 Å². The zero-order valence-electron chi connectivity index (χ0n) is 15.3. The fourth-order valence-corrected chi connectivity index (χ4v) is 4.77. The van der Waals surface area contributed by atoms with Crippen LogP contribution in [0.15, 0.2) is 42.1 Å². The van der Waals surface area contributed by atoms with Crippen LogP contribution in [0.3, 0.4) is 0 Å². The zero-order chi connectivity index (χ0) is 18.0. The number of carbonyl (C=O) groups excluding carboxylic acids is 1. The van der Waals surface area contributed by atoms with E-state index in [1.54, 1.807) is 11.8 Å². The van der Waals surface area contributed by atoms with E-state index in [0.717, 1.165) is 29.3 Å². The molecule has 1 amide bonds. The number of fused-ring (bicyclic) bond motifs is 1. The molecule has 3 unspecified atom stereocenters. The average molecular weight is 358 g/mol. The van der Waals surface area contributed by atoms with Crippen molar-refractivity contribution in [2.75, 3.05) is 13.1 Å².